The number of carbonyl (C=O) groups excluding carboxylic acids is 1. The van der Waals surface area contributed by atoms with Gasteiger partial charge in [-0.1, -0.05) is 41.9 Å². The molecule has 1 N–H and O–H groups in total. The zero-order valence-electron chi connectivity index (χ0n) is 15.2. The predicted molar refractivity (Wildman–Crippen MR) is 110 cm³/mol. The van der Waals surface area contributed by atoms with Crippen LogP contribution in [0.2, 0.25) is 5.02 Å². The molecular weight excluding hydrogens is 360 g/mol. The van der Waals surface area contributed by atoms with Crippen molar-refractivity contribution in [2.75, 3.05) is 16.8 Å². The number of aromatic nitrogens is 2. The van der Waals surface area contributed by atoms with Gasteiger partial charge in [0, 0.05) is 34.1 Å². The molecule has 5 nitrogen and oxygen atoms in total. The number of fused-ring (bicyclic) bond motifs is 1. The third-order valence-corrected chi connectivity index (χ3v) is 5.28. The number of nitrogens with zero attached hydrogens (tertiary/aromatic N) is 3. The Labute approximate surface area is 163 Å². The average Bonchev–Trinajstić information content (AvgIpc) is 2.68. The molecule has 1 atom stereocenters. The number of rotatable bonds is 3. The minimum absolute atomic E-state index is 0.292. The van der Waals surface area contributed by atoms with E-state index in [1.807, 2.05) is 24.3 Å². The summed E-state index contributed by atoms with van der Waals surface area (Å²) in [6, 6.07) is 15.3. The molecular formula is C21H21ClN4O. The van der Waals surface area contributed by atoms with Crippen LogP contribution in [-0.2, 0) is 0 Å². The van der Waals surface area contributed by atoms with Crippen LogP contribution in [-0.4, -0.2) is 28.7 Å². The van der Waals surface area contributed by atoms with Crippen molar-refractivity contribution in [1.29, 1.82) is 0 Å². The minimum atomic E-state index is -0.292. The summed E-state index contributed by atoms with van der Waals surface area (Å²) in [7, 11) is 0. The van der Waals surface area contributed by atoms with Crippen LogP contribution in [0.15, 0.2) is 48.5 Å². The summed E-state index contributed by atoms with van der Waals surface area (Å²) in [6.07, 6.45) is 3.54. The second kappa shape index (κ2) is 7.53. The second-order valence-electron chi connectivity index (χ2n) is 6.92. The minimum Gasteiger partial charge on any atom is -0.352 e. The molecule has 1 aliphatic rings. The van der Waals surface area contributed by atoms with E-state index in [1.54, 1.807) is 24.3 Å². The van der Waals surface area contributed by atoms with Crippen LogP contribution in [0.3, 0.4) is 0 Å². The highest BCUT2D eigenvalue weighted by atomic mass is 35.5. The highest BCUT2D eigenvalue weighted by Crippen LogP contribution is 2.30. The molecule has 6 heteroatoms. The molecule has 0 radical (unpaired) electrons. The van der Waals surface area contributed by atoms with Gasteiger partial charge < -0.3 is 10.2 Å². The van der Waals surface area contributed by atoms with Crippen LogP contribution >= 0.6 is 11.6 Å². The maximum atomic E-state index is 12.8. The van der Waals surface area contributed by atoms with Crippen molar-refractivity contribution < 1.29 is 4.79 Å². The van der Waals surface area contributed by atoms with Crippen LogP contribution < -0.4 is 10.2 Å². The Hall–Kier alpha value is -2.66. The molecule has 1 aromatic heterocycles. The first-order chi connectivity index (χ1) is 13.1. The number of hydrogen-bond acceptors (Lipinski definition) is 4. The number of halogens is 1. The van der Waals surface area contributed by atoms with E-state index in [0.717, 1.165) is 36.0 Å². The third kappa shape index (κ3) is 3.60. The normalized spacial score (nSPS) is 17.1. The van der Waals surface area contributed by atoms with Gasteiger partial charge in [-0.15, -0.1) is 10.2 Å². The molecule has 1 unspecified atom stereocenters. The Bertz CT molecular complexity index is 991. The van der Waals surface area contributed by atoms with E-state index in [4.69, 9.17) is 11.6 Å². The number of carbonyl (C=O) groups is 1. The quantitative estimate of drug-likeness (QED) is 0.701. The molecule has 4 rings (SSSR count). The first-order valence-electron chi connectivity index (χ1n) is 9.22. The van der Waals surface area contributed by atoms with Crippen LogP contribution in [0, 0.1) is 0 Å². The van der Waals surface area contributed by atoms with Gasteiger partial charge in [0.05, 0.1) is 0 Å². The fourth-order valence-electron chi connectivity index (χ4n) is 3.64. The van der Waals surface area contributed by atoms with Crippen molar-refractivity contribution in [2.24, 2.45) is 0 Å². The van der Waals surface area contributed by atoms with E-state index in [2.05, 4.69) is 27.3 Å². The van der Waals surface area contributed by atoms with Crippen LogP contribution in [0.5, 0.6) is 0 Å². The number of nitrogens with one attached hydrogen (secondary N) is 1. The Morgan fingerprint density at radius 1 is 1.11 bits per heavy atom. The predicted octanol–water partition coefficient (Wildman–Crippen LogP) is 4.91. The summed E-state index contributed by atoms with van der Waals surface area (Å²) in [6.45, 7) is 3.18. The maximum absolute atomic E-state index is 12.8. The summed E-state index contributed by atoms with van der Waals surface area (Å²) in [5, 5.41) is 13.9. The van der Waals surface area contributed by atoms with Crippen molar-refractivity contribution in [3.05, 3.63) is 59.2 Å². The van der Waals surface area contributed by atoms with Crippen LogP contribution in [0.1, 0.15) is 36.7 Å². The van der Waals surface area contributed by atoms with Gasteiger partial charge in [-0.2, -0.15) is 0 Å². The summed E-state index contributed by atoms with van der Waals surface area (Å²) >= 11 is 6.01. The summed E-state index contributed by atoms with van der Waals surface area (Å²) in [5.74, 6) is 0.566. The van der Waals surface area contributed by atoms with E-state index in [0.29, 0.717) is 22.4 Å². The van der Waals surface area contributed by atoms with Gasteiger partial charge in [-0.3, -0.25) is 4.79 Å². The topological polar surface area (TPSA) is 58.1 Å². The maximum Gasteiger partial charge on any atom is 0.276 e. The second-order valence-corrected chi connectivity index (χ2v) is 7.36. The molecule has 1 fully saturated rings. The van der Waals surface area contributed by atoms with E-state index in [1.165, 1.54) is 6.42 Å². The van der Waals surface area contributed by atoms with Gasteiger partial charge >= 0.3 is 0 Å². The Balaban J connectivity index is 1.72. The summed E-state index contributed by atoms with van der Waals surface area (Å²) < 4.78 is 0. The van der Waals surface area contributed by atoms with Gasteiger partial charge in [0.1, 0.15) is 0 Å². The molecule has 1 amide bonds. The zero-order chi connectivity index (χ0) is 18.8. The molecule has 2 heterocycles. The number of hydrogen-bond donors (Lipinski definition) is 1. The first-order valence-corrected chi connectivity index (χ1v) is 9.60. The molecule has 138 valence electrons. The van der Waals surface area contributed by atoms with Crippen LogP contribution in [0.25, 0.3) is 10.8 Å². The number of piperidine rings is 1. The molecule has 3 aromatic rings. The lowest BCUT2D eigenvalue weighted by atomic mass is 10.0. The third-order valence-electron chi connectivity index (χ3n) is 5.04. The fourth-order valence-corrected chi connectivity index (χ4v) is 3.83. The number of anilines is 2. The van der Waals surface area contributed by atoms with Crippen molar-refractivity contribution in [2.45, 2.75) is 32.2 Å². The van der Waals surface area contributed by atoms with Crippen molar-refractivity contribution in [1.82, 2.24) is 10.2 Å². The average molecular weight is 381 g/mol. The number of benzene rings is 2. The molecule has 0 saturated carbocycles. The number of amides is 1. The Kier molecular flexibility index (Phi) is 4.94. The Morgan fingerprint density at radius 3 is 2.70 bits per heavy atom. The fraction of sp³-hybridized carbons (Fsp3) is 0.286. The highest BCUT2D eigenvalue weighted by Gasteiger charge is 2.24. The smallest absolute Gasteiger partial charge is 0.276 e. The monoisotopic (exact) mass is 380 g/mol. The summed E-state index contributed by atoms with van der Waals surface area (Å²) in [5.41, 5.74) is 0.950. The Morgan fingerprint density at radius 2 is 1.93 bits per heavy atom. The molecule has 0 spiro atoms. The van der Waals surface area contributed by atoms with Crippen LogP contribution in [0.4, 0.5) is 11.5 Å². The lowest BCUT2D eigenvalue weighted by Gasteiger charge is -2.34. The van der Waals surface area contributed by atoms with Gasteiger partial charge in [0.2, 0.25) is 0 Å². The molecule has 0 bridgehead atoms. The lowest BCUT2D eigenvalue weighted by molar-refractivity contribution is 0.102. The molecule has 0 aliphatic carbocycles. The SMILES string of the molecule is CC1CCCCN1c1nnc(C(=O)Nc2cccc(Cl)c2)c2ccccc12. The van der Waals surface area contributed by atoms with Crippen molar-refractivity contribution >= 4 is 39.8 Å². The lowest BCUT2D eigenvalue weighted by Crippen LogP contribution is -2.38. The van der Waals surface area contributed by atoms with Gasteiger partial charge in [0.15, 0.2) is 11.5 Å². The van der Waals surface area contributed by atoms with E-state index in [-0.39, 0.29) is 5.91 Å². The molecule has 27 heavy (non-hydrogen) atoms. The first kappa shape index (κ1) is 17.7. The van der Waals surface area contributed by atoms with E-state index in [9.17, 15) is 4.79 Å². The molecule has 1 saturated heterocycles. The van der Waals surface area contributed by atoms with Gasteiger partial charge in [0.25, 0.3) is 5.91 Å². The zero-order valence-corrected chi connectivity index (χ0v) is 15.9. The largest absolute Gasteiger partial charge is 0.352 e. The standard InChI is InChI=1S/C21H21ClN4O/c1-14-7-4-5-12-26(14)20-18-11-3-2-10-17(18)19(24-25-20)21(27)23-16-9-6-8-15(22)13-16/h2-3,6,8-11,13-14H,4-5,7,12H2,1H3,(H,23,27). The van der Waals surface area contributed by atoms with E-state index >= 15 is 0 Å². The van der Waals surface area contributed by atoms with E-state index < -0.39 is 0 Å². The molecule has 1 aliphatic heterocycles. The van der Waals surface area contributed by atoms with Crippen molar-refractivity contribution in [3.8, 4) is 0 Å². The highest BCUT2D eigenvalue weighted by molar-refractivity contribution is 6.31. The summed E-state index contributed by atoms with van der Waals surface area (Å²) in [4.78, 5) is 15.1. The molecule has 2 aromatic carbocycles. The van der Waals surface area contributed by atoms with Crippen molar-refractivity contribution in [3.63, 3.8) is 0 Å². The van der Waals surface area contributed by atoms with Gasteiger partial charge in [-0.25, -0.2) is 0 Å². The van der Waals surface area contributed by atoms with Gasteiger partial charge in [-0.05, 0) is 44.4 Å².